The Hall–Kier alpha value is -4.42. The number of ether oxygens (including phenoxy) is 1. The molecule has 0 spiro atoms. The van der Waals surface area contributed by atoms with E-state index in [1.165, 1.54) is 0 Å². The Morgan fingerprint density at radius 1 is 0.568 bits per heavy atom. The summed E-state index contributed by atoms with van der Waals surface area (Å²) in [5, 5.41) is 50.6. The molecule has 2 aliphatic rings. The maximum Gasteiger partial charge on any atom is 0.124 e. The van der Waals surface area contributed by atoms with Gasteiger partial charge in [-0.15, -0.1) is 0 Å². The first kappa shape index (κ1) is 24.3. The van der Waals surface area contributed by atoms with E-state index in [0.29, 0.717) is 12.5 Å². The first-order valence-corrected chi connectivity index (χ1v) is 11.9. The zero-order valence-electron chi connectivity index (χ0n) is 20.0. The lowest BCUT2D eigenvalue weighted by Crippen LogP contribution is -2.54. The summed E-state index contributed by atoms with van der Waals surface area (Å²) in [4.78, 5) is 0. The second-order valence-corrected chi connectivity index (χ2v) is 9.18. The van der Waals surface area contributed by atoms with Gasteiger partial charge in [-0.3, -0.25) is 0 Å². The van der Waals surface area contributed by atoms with Crippen LogP contribution in [0, 0.1) is 6.10 Å². The molecule has 5 rings (SSSR count). The Kier molecular flexibility index (Phi) is 6.27. The van der Waals surface area contributed by atoms with Crippen LogP contribution < -0.4 is 0 Å². The van der Waals surface area contributed by atoms with Crippen molar-refractivity contribution < 1.29 is 30.3 Å². The summed E-state index contributed by atoms with van der Waals surface area (Å²) >= 11 is 0. The van der Waals surface area contributed by atoms with Crippen molar-refractivity contribution in [2.24, 2.45) is 0 Å². The number of benzene rings is 3. The van der Waals surface area contributed by atoms with Gasteiger partial charge in [-0.25, -0.2) is 0 Å². The van der Waals surface area contributed by atoms with Crippen molar-refractivity contribution in [2.75, 3.05) is 0 Å². The molecule has 37 heavy (non-hydrogen) atoms. The minimum absolute atomic E-state index is 0.103. The van der Waals surface area contributed by atoms with Crippen LogP contribution in [0.2, 0.25) is 0 Å². The van der Waals surface area contributed by atoms with E-state index >= 15 is 0 Å². The minimum Gasteiger partial charge on any atom is -0.508 e. The van der Waals surface area contributed by atoms with Crippen LogP contribution in [0.5, 0.6) is 17.2 Å². The first-order chi connectivity index (χ1) is 17.8. The van der Waals surface area contributed by atoms with Gasteiger partial charge in [0.1, 0.15) is 40.5 Å². The summed E-state index contributed by atoms with van der Waals surface area (Å²) in [6.07, 6.45) is 11.3. The molecule has 0 saturated heterocycles. The monoisotopic (exact) mass is 495 g/mol. The van der Waals surface area contributed by atoms with Crippen molar-refractivity contribution in [1.29, 1.82) is 0 Å². The smallest absolute Gasteiger partial charge is 0.124 e. The number of aliphatic hydroxyl groups excluding tert-OH is 2. The zero-order valence-corrected chi connectivity index (χ0v) is 20.0. The molecule has 0 saturated carbocycles. The van der Waals surface area contributed by atoms with E-state index in [4.69, 9.17) is 4.74 Å². The van der Waals surface area contributed by atoms with Gasteiger partial charge in [0.25, 0.3) is 0 Å². The predicted molar refractivity (Wildman–Crippen MR) is 140 cm³/mol. The molecule has 1 atom stereocenters. The van der Waals surface area contributed by atoms with Crippen LogP contribution in [0.15, 0.2) is 121 Å². The average molecular weight is 496 g/mol. The van der Waals surface area contributed by atoms with Crippen LogP contribution in [0.25, 0.3) is 0 Å². The summed E-state index contributed by atoms with van der Waals surface area (Å²) < 4.78 is 6.88. The van der Waals surface area contributed by atoms with Gasteiger partial charge in [-0.2, -0.15) is 0 Å². The second-order valence-electron chi connectivity index (χ2n) is 9.18. The van der Waals surface area contributed by atoms with Crippen molar-refractivity contribution in [2.45, 2.75) is 23.9 Å². The Bertz CT molecular complexity index is 1270. The van der Waals surface area contributed by atoms with E-state index in [1.807, 2.05) is 42.5 Å². The summed E-state index contributed by atoms with van der Waals surface area (Å²) in [5.74, 6) is 0.569. The number of aliphatic hydroxyl groups is 2. The molecule has 1 unspecified atom stereocenters. The third-order valence-electron chi connectivity index (χ3n) is 6.94. The number of aromatic hydroxyl groups is 3. The molecule has 0 amide bonds. The van der Waals surface area contributed by atoms with E-state index in [0.717, 1.165) is 16.7 Å². The second kappa shape index (κ2) is 9.56. The molecule has 0 aliphatic heterocycles. The lowest BCUT2D eigenvalue weighted by Gasteiger charge is -2.51. The van der Waals surface area contributed by atoms with Gasteiger partial charge in [0, 0.05) is 12.8 Å². The molecular formula is C31H27O6. The summed E-state index contributed by atoms with van der Waals surface area (Å²) in [6.45, 7) is 0. The van der Waals surface area contributed by atoms with Crippen molar-refractivity contribution in [1.82, 2.24) is 0 Å². The molecule has 6 nitrogen and oxygen atoms in total. The molecule has 0 heterocycles. The van der Waals surface area contributed by atoms with Crippen LogP contribution in [0.3, 0.4) is 0 Å². The molecule has 5 N–H and O–H groups in total. The van der Waals surface area contributed by atoms with Gasteiger partial charge in [-0.05, 0) is 89.5 Å². The van der Waals surface area contributed by atoms with Crippen molar-refractivity contribution >= 4 is 0 Å². The van der Waals surface area contributed by atoms with Crippen LogP contribution >= 0.6 is 0 Å². The van der Waals surface area contributed by atoms with Gasteiger partial charge in [0.05, 0.1) is 5.41 Å². The standard InChI is InChI=1S/C31H27O6/c32-24-7-1-21(2-8-24)31(22-3-9-25(33)10-4-22,23-5-11-26(34)12-6-23)30(19-17-28(36)18-20-30)37-29-15-13-27(35)14-16-29/h1-15,17-19,32-36H,16,20H2. The van der Waals surface area contributed by atoms with Gasteiger partial charge in [0.2, 0.25) is 0 Å². The van der Waals surface area contributed by atoms with Gasteiger partial charge < -0.3 is 30.3 Å². The number of phenolic OH excluding ortho intramolecular Hbond substituents is 3. The van der Waals surface area contributed by atoms with Crippen molar-refractivity contribution in [3.63, 3.8) is 0 Å². The number of hydrogen-bond acceptors (Lipinski definition) is 6. The summed E-state index contributed by atoms with van der Waals surface area (Å²) in [5.41, 5.74) is 0.101. The maximum atomic E-state index is 10.3. The van der Waals surface area contributed by atoms with E-state index < -0.39 is 11.0 Å². The van der Waals surface area contributed by atoms with Crippen molar-refractivity contribution in [3.8, 4) is 17.2 Å². The average Bonchev–Trinajstić information content (AvgIpc) is 2.90. The summed E-state index contributed by atoms with van der Waals surface area (Å²) in [7, 11) is 0. The Morgan fingerprint density at radius 2 is 1.03 bits per heavy atom. The fourth-order valence-electron chi connectivity index (χ4n) is 5.24. The molecule has 0 fully saturated rings. The summed E-state index contributed by atoms with van der Waals surface area (Å²) in [6, 6.07) is 20.5. The fourth-order valence-corrected chi connectivity index (χ4v) is 5.24. The molecule has 187 valence electrons. The SMILES string of the molecule is OC1=CC[C](OC2(C(c3ccc(O)cc3)(c3ccc(O)cc3)c3ccc(O)cc3)C=CC(O)=CC2)C=C1. The van der Waals surface area contributed by atoms with Crippen LogP contribution in [-0.4, -0.2) is 31.1 Å². The highest BCUT2D eigenvalue weighted by Crippen LogP contribution is 2.54. The topological polar surface area (TPSA) is 110 Å². The van der Waals surface area contributed by atoms with Gasteiger partial charge in [-0.1, -0.05) is 36.4 Å². The highest BCUT2D eigenvalue weighted by molar-refractivity contribution is 5.59. The Morgan fingerprint density at radius 3 is 1.41 bits per heavy atom. The number of phenols is 3. The Labute approximate surface area is 215 Å². The third kappa shape index (κ3) is 4.36. The van der Waals surface area contributed by atoms with Crippen LogP contribution in [0.1, 0.15) is 29.5 Å². The van der Waals surface area contributed by atoms with E-state index in [-0.39, 0.29) is 35.2 Å². The molecule has 3 aromatic rings. The van der Waals surface area contributed by atoms with Crippen molar-refractivity contribution in [3.05, 3.63) is 144 Å². The largest absolute Gasteiger partial charge is 0.508 e. The highest BCUT2D eigenvalue weighted by atomic mass is 16.5. The normalized spacial score (nSPS) is 19.9. The predicted octanol–water partition coefficient (Wildman–Crippen LogP) is 6.23. The quantitative estimate of drug-likeness (QED) is 0.259. The molecule has 0 bridgehead atoms. The molecule has 1 radical (unpaired) electrons. The van der Waals surface area contributed by atoms with E-state index in [1.54, 1.807) is 66.8 Å². The van der Waals surface area contributed by atoms with E-state index in [2.05, 4.69) is 0 Å². The fraction of sp³-hybridized carbons (Fsp3) is 0.129. The molecule has 0 aromatic heterocycles. The third-order valence-corrected chi connectivity index (χ3v) is 6.94. The minimum atomic E-state index is -1.15. The lowest BCUT2D eigenvalue weighted by atomic mass is 9.57. The molecule has 2 aliphatic carbocycles. The maximum absolute atomic E-state index is 10.3. The number of allylic oxidation sites excluding steroid dienone is 2. The van der Waals surface area contributed by atoms with Crippen LogP contribution in [0.4, 0.5) is 0 Å². The zero-order chi connectivity index (χ0) is 26.0. The Balaban J connectivity index is 1.84. The first-order valence-electron chi connectivity index (χ1n) is 11.9. The lowest BCUT2D eigenvalue weighted by molar-refractivity contribution is -0.0260. The molecular weight excluding hydrogens is 468 g/mol. The van der Waals surface area contributed by atoms with Gasteiger partial charge in [0.15, 0.2) is 0 Å². The van der Waals surface area contributed by atoms with E-state index in [9.17, 15) is 25.5 Å². The van der Waals surface area contributed by atoms with Crippen LogP contribution in [-0.2, 0) is 10.2 Å². The van der Waals surface area contributed by atoms with Gasteiger partial charge >= 0.3 is 0 Å². The highest BCUT2D eigenvalue weighted by Gasteiger charge is 2.55. The molecule has 3 aromatic carbocycles. The molecule has 6 heteroatoms. The number of hydrogen-bond donors (Lipinski definition) is 5. The number of rotatable bonds is 6.